The quantitative estimate of drug-likeness (QED) is 0.912. The Morgan fingerprint density at radius 2 is 1.71 bits per heavy atom. The van der Waals surface area contributed by atoms with Gasteiger partial charge < -0.3 is 5.32 Å². The summed E-state index contributed by atoms with van der Waals surface area (Å²) in [6.45, 7) is 8.87. The Bertz CT molecular complexity index is 603. The molecule has 1 aliphatic carbocycles. The Hall–Kier alpha value is -1.19. The number of aromatic nitrogens is 1. The van der Waals surface area contributed by atoms with Crippen LogP contribution in [0.4, 0.5) is 0 Å². The first-order valence-electron chi connectivity index (χ1n) is 7.80. The van der Waals surface area contributed by atoms with Gasteiger partial charge in [-0.25, -0.2) is 4.98 Å². The zero-order valence-corrected chi connectivity index (χ0v) is 14.1. The average molecular weight is 300 g/mol. The summed E-state index contributed by atoms with van der Waals surface area (Å²) >= 11 is 1.81. The van der Waals surface area contributed by atoms with Crippen LogP contribution in [0.2, 0.25) is 0 Å². The van der Waals surface area contributed by atoms with Gasteiger partial charge in [0, 0.05) is 11.4 Å². The first-order valence-corrected chi connectivity index (χ1v) is 8.68. The van der Waals surface area contributed by atoms with Gasteiger partial charge in [0.2, 0.25) is 0 Å². The Morgan fingerprint density at radius 3 is 2.19 bits per heavy atom. The van der Waals surface area contributed by atoms with Crippen molar-refractivity contribution >= 4 is 11.3 Å². The van der Waals surface area contributed by atoms with E-state index in [1.807, 2.05) is 11.3 Å². The maximum atomic E-state index is 4.96. The number of benzene rings is 1. The van der Waals surface area contributed by atoms with Crippen molar-refractivity contribution in [1.29, 1.82) is 0 Å². The maximum Gasteiger partial charge on any atom is 0.114 e. The van der Waals surface area contributed by atoms with E-state index in [-0.39, 0.29) is 5.54 Å². The second-order valence-electron chi connectivity index (χ2n) is 6.74. The fourth-order valence-corrected chi connectivity index (χ4v) is 4.40. The third-order valence-electron chi connectivity index (χ3n) is 4.19. The second-order valence-corrected chi connectivity index (χ2v) is 7.59. The van der Waals surface area contributed by atoms with Crippen LogP contribution in [0.25, 0.3) is 0 Å². The minimum Gasteiger partial charge on any atom is -0.303 e. The number of hydrogen-bond acceptors (Lipinski definition) is 3. The topological polar surface area (TPSA) is 24.9 Å². The van der Waals surface area contributed by atoms with Crippen LogP contribution in [0.5, 0.6) is 0 Å². The molecule has 0 amide bonds. The summed E-state index contributed by atoms with van der Waals surface area (Å²) in [6.07, 6.45) is 2.10. The predicted octanol–water partition coefficient (Wildman–Crippen LogP) is 4.26. The first kappa shape index (κ1) is 14.7. The minimum atomic E-state index is -0.0182. The van der Waals surface area contributed by atoms with E-state index in [0.29, 0.717) is 12.0 Å². The lowest BCUT2D eigenvalue weighted by atomic mass is 9.95. The van der Waals surface area contributed by atoms with Gasteiger partial charge in [0.05, 0.1) is 11.2 Å². The molecule has 0 saturated heterocycles. The molecule has 0 fully saturated rings. The van der Waals surface area contributed by atoms with E-state index >= 15 is 0 Å². The predicted molar refractivity (Wildman–Crippen MR) is 90.0 cm³/mol. The van der Waals surface area contributed by atoms with Crippen molar-refractivity contribution < 1.29 is 0 Å². The SMILES string of the molecule is CC(C)NC1(c2nc(C(C)C)cs2)Cc2ccccc2C1. The Morgan fingerprint density at radius 1 is 1.10 bits per heavy atom. The summed E-state index contributed by atoms with van der Waals surface area (Å²) in [4.78, 5) is 4.96. The van der Waals surface area contributed by atoms with Crippen LogP contribution in [0, 0.1) is 0 Å². The molecule has 0 saturated carbocycles. The highest BCUT2D eigenvalue weighted by Gasteiger charge is 2.41. The Kier molecular flexibility index (Phi) is 3.89. The molecule has 0 radical (unpaired) electrons. The van der Waals surface area contributed by atoms with Crippen molar-refractivity contribution in [3.8, 4) is 0 Å². The van der Waals surface area contributed by atoms with Crippen LogP contribution in [0.3, 0.4) is 0 Å². The summed E-state index contributed by atoms with van der Waals surface area (Å²) < 4.78 is 0. The van der Waals surface area contributed by atoms with E-state index in [9.17, 15) is 0 Å². The van der Waals surface area contributed by atoms with Crippen LogP contribution in [-0.4, -0.2) is 11.0 Å². The maximum absolute atomic E-state index is 4.96. The normalized spacial score (nSPS) is 16.7. The monoisotopic (exact) mass is 300 g/mol. The summed E-state index contributed by atoms with van der Waals surface area (Å²) in [7, 11) is 0. The molecular formula is C18H24N2S. The fraction of sp³-hybridized carbons (Fsp3) is 0.500. The molecule has 1 N–H and O–H groups in total. The lowest BCUT2D eigenvalue weighted by Crippen LogP contribution is -2.46. The van der Waals surface area contributed by atoms with Gasteiger partial charge in [-0.1, -0.05) is 38.1 Å². The van der Waals surface area contributed by atoms with E-state index in [2.05, 4.69) is 62.7 Å². The highest BCUT2D eigenvalue weighted by molar-refractivity contribution is 7.09. The van der Waals surface area contributed by atoms with E-state index in [1.165, 1.54) is 21.8 Å². The van der Waals surface area contributed by atoms with Crippen LogP contribution >= 0.6 is 11.3 Å². The molecule has 21 heavy (non-hydrogen) atoms. The highest BCUT2D eigenvalue weighted by Crippen LogP contribution is 2.40. The molecule has 0 unspecified atom stereocenters. The fourth-order valence-electron chi connectivity index (χ4n) is 3.25. The van der Waals surface area contributed by atoms with Crippen LogP contribution in [0.15, 0.2) is 29.6 Å². The molecule has 2 aromatic rings. The summed E-state index contributed by atoms with van der Waals surface area (Å²) in [5, 5.41) is 7.29. The minimum absolute atomic E-state index is 0.0182. The molecule has 0 bridgehead atoms. The lowest BCUT2D eigenvalue weighted by molar-refractivity contribution is 0.317. The molecule has 1 heterocycles. The number of nitrogens with one attached hydrogen (secondary N) is 1. The van der Waals surface area contributed by atoms with Gasteiger partial charge in [0.15, 0.2) is 0 Å². The van der Waals surface area contributed by atoms with Crippen molar-refractivity contribution in [3.05, 3.63) is 51.5 Å². The van der Waals surface area contributed by atoms with Crippen LogP contribution < -0.4 is 5.32 Å². The Labute approximate surface area is 131 Å². The van der Waals surface area contributed by atoms with Crippen molar-refractivity contribution in [2.45, 2.75) is 58.0 Å². The molecule has 0 atom stereocenters. The lowest BCUT2D eigenvalue weighted by Gasteiger charge is -2.31. The molecule has 112 valence electrons. The molecule has 2 nitrogen and oxygen atoms in total. The van der Waals surface area contributed by atoms with Gasteiger partial charge >= 0.3 is 0 Å². The van der Waals surface area contributed by atoms with E-state index < -0.39 is 0 Å². The molecule has 0 aliphatic heterocycles. The molecule has 3 rings (SSSR count). The zero-order valence-electron chi connectivity index (χ0n) is 13.3. The van der Waals surface area contributed by atoms with Crippen molar-refractivity contribution in [2.24, 2.45) is 0 Å². The van der Waals surface area contributed by atoms with Gasteiger partial charge in [0.25, 0.3) is 0 Å². The number of rotatable bonds is 4. The third-order valence-corrected chi connectivity index (χ3v) is 5.26. The van der Waals surface area contributed by atoms with E-state index in [1.54, 1.807) is 0 Å². The number of nitrogens with zero attached hydrogens (tertiary/aromatic N) is 1. The van der Waals surface area contributed by atoms with Crippen molar-refractivity contribution in [3.63, 3.8) is 0 Å². The van der Waals surface area contributed by atoms with Gasteiger partial charge in [0.1, 0.15) is 5.01 Å². The average Bonchev–Trinajstić information content (AvgIpc) is 3.02. The Balaban J connectivity index is 1.99. The van der Waals surface area contributed by atoms with E-state index in [0.717, 1.165) is 12.8 Å². The number of hydrogen-bond donors (Lipinski definition) is 1. The smallest absolute Gasteiger partial charge is 0.114 e. The van der Waals surface area contributed by atoms with Gasteiger partial charge in [-0.2, -0.15) is 0 Å². The molecular weight excluding hydrogens is 276 g/mol. The van der Waals surface area contributed by atoms with Crippen molar-refractivity contribution in [2.75, 3.05) is 0 Å². The zero-order chi connectivity index (χ0) is 15.0. The number of thiazole rings is 1. The highest BCUT2D eigenvalue weighted by atomic mass is 32.1. The van der Waals surface area contributed by atoms with Crippen molar-refractivity contribution in [1.82, 2.24) is 10.3 Å². The third kappa shape index (κ3) is 2.77. The second kappa shape index (κ2) is 5.54. The molecule has 1 aliphatic rings. The molecule has 1 aromatic heterocycles. The van der Waals surface area contributed by atoms with Crippen LogP contribution in [-0.2, 0) is 18.4 Å². The molecule has 3 heteroatoms. The largest absolute Gasteiger partial charge is 0.303 e. The summed E-state index contributed by atoms with van der Waals surface area (Å²) in [5.41, 5.74) is 4.13. The number of fused-ring (bicyclic) bond motifs is 1. The van der Waals surface area contributed by atoms with Gasteiger partial charge in [-0.05, 0) is 43.7 Å². The van der Waals surface area contributed by atoms with Gasteiger partial charge in [-0.15, -0.1) is 11.3 Å². The standard InChI is InChI=1S/C18H24N2S/c1-12(2)16-11-21-17(19-16)18(20-13(3)4)9-14-7-5-6-8-15(14)10-18/h5-8,11-13,20H,9-10H2,1-4H3. The van der Waals surface area contributed by atoms with E-state index in [4.69, 9.17) is 4.98 Å². The molecule has 0 spiro atoms. The van der Waals surface area contributed by atoms with Crippen LogP contribution in [0.1, 0.15) is 55.4 Å². The first-order chi connectivity index (χ1) is 10.00. The van der Waals surface area contributed by atoms with Gasteiger partial charge in [-0.3, -0.25) is 0 Å². The summed E-state index contributed by atoms with van der Waals surface area (Å²) in [6, 6.07) is 9.26. The molecule has 1 aromatic carbocycles. The summed E-state index contributed by atoms with van der Waals surface area (Å²) in [5.74, 6) is 0.495.